The monoisotopic (exact) mass is 386 g/mol. The first-order chi connectivity index (χ1) is 13.5. The Labute approximate surface area is 168 Å². The summed E-state index contributed by atoms with van der Waals surface area (Å²) in [6, 6.07) is 6.46. The smallest absolute Gasteiger partial charge is 0.315 e. The number of carbonyl (C=O) groups excluding carboxylic acids is 2. The molecule has 1 saturated heterocycles. The number of hydrogen-bond acceptors (Lipinski definition) is 3. The van der Waals surface area contributed by atoms with Gasteiger partial charge in [0.1, 0.15) is 0 Å². The van der Waals surface area contributed by atoms with Crippen LogP contribution < -0.4 is 16.0 Å². The highest BCUT2D eigenvalue weighted by atomic mass is 16.2. The maximum atomic E-state index is 12.4. The molecule has 154 valence electrons. The minimum absolute atomic E-state index is 0.0233. The normalized spacial score (nSPS) is 19.2. The molecule has 6 nitrogen and oxygen atoms in total. The van der Waals surface area contributed by atoms with Crippen molar-refractivity contribution in [2.45, 2.75) is 70.9 Å². The van der Waals surface area contributed by atoms with E-state index in [0.29, 0.717) is 12.6 Å². The zero-order chi connectivity index (χ0) is 19.9. The van der Waals surface area contributed by atoms with Crippen LogP contribution >= 0.6 is 0 Å². The van der Waals surface area contributed by atoms with Crippen LogP contribution in [0.3, 0.4) is 0 Å². The van der Waals surface area contributed by atoms with E-state index in [0.717, 1.165) is 50.0 Å². The van der Waals surface area contributed by atoms with Gasteiger partial charge >= 0.3 is 6.03 Å². The minimum atomic E-state index is -0.0296. The number of likely N-dealkylation sites (tertiary alicyclic amines) is 1. The third-order valence-corrected chi connectivity index (χ3v) is 6.11. The molecular formula is C22H34N4O2. The molecule has 1 saturated carbocycles. The Hall–Kier alpha value is -2.08. The van der Waals surface area contributed by atoms with Gasteiger partial charge in [-0.15, -0.1) is 0 Å². The van der Waals surface area contributed by atoms with E-state index in [4.69, 9.17) is 0 Å². The van der Waals surface area contributed by atoms with Crippen molar-refractivity contribution in [3.63, 3.8) is 0 Å². The Kier molecular flexibility index (Phi) is 7.31. The third-order valence-electron chi connectivity index (χ3n) is 6.11. The van der Waals surface area contributed by atoms with E-state index in [9.17, 15) is 9.59 Å². The number of piperidine rings is 1. The molecule has 3 amide bonds. The van der Waals surface area contributed by atoms with Crippen molar-refractivity contribution in [3.05, 3.63) is 29.3 Å². The van der Waals surface area contributed by atoms with Gasteiger partial charge in [-0.1, -0.05) is 31.4 Å². The van der Waals surface area contributed by atoms with Gasteiger partial charge < -0.3 is 16.0 Å². The molecule has 0 aromatic heterocycles. The van der Waals surface area contributed by atoms with Crippen molar-refractivity contribution in [1.29, 1.82) is 0 Å². The number of anilines is 1. The molecule has 2 aliphatic rings. The van der Waals surface area contributed by atoms with Crippen molar-refractivity contribution in [3.8, 4) is 0 Å². The number of rotatable bonds is 5. The lowest BCUT2D eigenvalue weighted by Gasteiger charge is -2.32. The molecular weight excluding hydrogens is 352 g/mol. The molecule has 1 aromatic carbocycles. The van der Waals surface area contributed by atoms with Gasteiger partial charge in [-0.2, -0.15) is 0 Å². The molecule has 0 spiro atoms. The first-order valence-electron chi connectivity index (χ1n) is 10.7. The van der Waals surface area contributed by atoms with E-state index in [1.165, 1.54) is 24.8 Å². The molecule has 6 heteroatoms. The lowest BCUT2D eigenvalue weighted by atomic mass is 9.96. The molecule has 2 fully saturated rings. The number of carbonyl (C=O) groups is 2. The zero-order valence-corrected chi connectivity index (χ0v) is 17.2. The maximum absolute atomic E-state index is 12.4. The van der Waals surface area contributed by atoms with Gasteiger partial charge in [-0.3, -0.25) is 9.69 Å². The van der Waals surface area contributed by atoms with E-state index < -0.39 is 0 Å². The van der Waals surface area contributed by atoms with Crippen LogP contribution in [0, 0.1) is 13.8 Å². The lowest BCUT2D eigenvalue weighted by Crippen LogP contribution is -2.51. The summed E-state index contributed by atoms with van der Waals surface area (Å²) in [5.41, 5.74) is 3.18. The van der Waals surface area contributed by atoms with Crippen LogP contribution in [0.15, 0.2) is 18.2 Å². The third kappa shape index (κ3) is 5.96. The molecule has 0 atom stereocenters. The maximum Gasteiger partial charge on any atom is 0.315 e. The average Bonchev–Trinajstić information content (AvgIpc) is 2.68. The van der Waals surface area contributed by atoms with E-state index >= 15 is 0 Å². The summed E-state index contributed by atoms with van der Waals surface area (Å²) in [4.78, 5) is 26.8. The first kappa shape index (κ1) is 20.6. The van der Waals surface area contributed by atoms with Gasteiger partial charge in [0.15, 0.2) is 0 Å². The molecule has 3 rings (SSSR count). The molecule has 1 heterocycles. The number of nitrogens with one attached hydrogen (secondary N) is 3. The second kappa shape index (κ2) is 9.92. The standard InChI is InChI=1S/C22H34N4O2/c1-16-7-6-10-20(17(16)2)25-21(27)15-26-13-11-19(12-14-26)24-22(28)23-18-8-4-3-5-9-18/h6-7,10,18-19H,3-5,8-9,11-15H2,1-2H3,(H,25,27)(H2,23,24,28). The molecule has 1 aliphatic heterocycles. The number of hydrogen-bond donors (Lipinski definition) is 3. The Morgan fingerprint density at radius 3 is 2.29 bits per heavy atom. The molecule has 28 heavy (non-hydrogen) atoms. The van der Waals surface area contributed by atoms with Crippen LogP contribution in [0.25, 0.3) is 0 Å². The predicted octanol–water partition coefficient (Wildman–Crippen LogP) is 3.34. The topological polar surface area (TPSA) is 73.5 Å². The lowest BCUT2D eigenvalue weighted by molar-refractivity contribution is -0.117. The number of aryl methyl sites for hydroxylation is 1. The van der Waals surface area contributed by atoms with E-state index in [1.807, 2.05) is 32.0 Å². The summed E-state index contributed by atoms with van der Waals surface area (Å²) in [6.45, 7) is 6.13. The molecule has 1 aromatic rings. The molecule has 3 N–H and O–H groups in total. The molecule has 1 aliphatic carbocycles. The van der Waals surface area contributed by atoms with Crippen LogP contribution in [-0.2, 0) is 4.79 Å². The second-order valence-electron chi connectivity index (χ2n) is 8.30. The Bertz CT molecular complexity index is 677. The fourth-order valence-electron chi connectivity index (χ4n) is 4.17. The number of benzene rings is 1. The van der Waals surface area contributed by atoms with Crippen molar-refractivity contribution in [2.75, 3.05) is 25.0 Å². The molecule has 0 radical (unpaired) electrons. The summed E-state index contributed by atoms with van der Waals surface area (Å²) in [7, 11) is 0. The fourth-order valence-corrected chi connectivity index (χ4v) is 4.17. The summed E-state index contributed by atoms with van der Waals surface area (Å²) < 4.78 is 0. The van der Waals surface area contributed by atoms with Crippen molar-refractivity contribution < 1.29 is 9.59 Å². The van der Waals surface area contributed by atoms with Crippen LogP contribution in [0.5, 0.6) is 0 Å². The SMILES string of the molecule is Cc1cccc(NC(=O)CN2CCC(NC(=O)NC3CCCCC3)CC2)c1C. The van der Waals surface area contributed by atoms with Gasteiger partial charge in [0, 0.05) is 30.9 Å². The van der Waals surface area contributed by atoms with E-state index in [-0.39, 0.29) is 18.0 Å². The summed E-state index contributed by atoms with van der Waals surface area (Å²) in [5, 5.41) is 9.26. The van der Waals surface area contributed by atoms with Gasteiger partial charge in [-0.05, 0) is 56.7 Å². The minimum Gasteiger partial charge on any atom is -0.335 e. The molecule has 0 unspecified atom stereocenters. The van der Waals surface area contributed by atoms with Gasteiger partial charge in [0.25, 0.3) is 0 Å². The van der Waals surface area contributed by atoms with Gasteiger partial charge in [0.2, 0.25) is 5.91 Å². The van der Waals surface area contributed by atoms with Crippen molar-refractivity contribution >= 4 is 17.6 Å². The van der Waals surface area contributed by atoms with Crippen molar-refractivity contribution in [1.82, 2.24) is 15.5 Å². The Morgan fingerprint density at radius 2 is 1.61 bits per heavy atom. The highest BCUT2D eigenvalue weighted by Gasteiger charge is 2.23. The predicted molar refractivity (Wildman–Crippen MR) is 113 cm³/mol. The average molecular weight is 387 g/mol. The zero-order valence-electron chi connectivity index (χ0n) is 17.2. The van der Waals surface area contributed by atoms with Crippen LogP contribution in [-0.4, -0.2) is 48.6 Å². The van der Waals surface area contributed by atoms with Crippen LogP contribution in [0.4, 0.5) is 10.5 Å². The van der Waals surface area contributed by atoms with E-state index in [2.05, 4.69) is 20.9 Å². The van der Waals surface area contributed by atoms with E-state index in [1.54, 1.807) is 0 Å². The first-order valence-corrected chi connectivity index (χ1v) is 10.7. The summed E-state index contributed by atoms with van der Waals surface area (Å²) >= 11 is 0. The fraction of sp³-hybridized carbons (Fsp3) is 0.636. The Morgan fingerprint density at radius 1 is 0.964 bits per heavy atom. The van der Waals surface area contributed by atoms with Crippen molar-refractivity contribution in [2.24, 2.45) is 0 Å². The van der Waals surface area contributed by atoms with Crippen LogP contribution in [0.2, 0.25) is 0 Å². The molecule has 0 bridgehead atoms. The van der Waals surface area contributed by atoms with Gasteiger partial charge in [-0.25, -0.2) is 4.79 Å². The highest BCUT2D eigenvalue weighted by molar-refractivity contribution is 5.93. The summed E-state index contributed by atoms with van der Waals surface area (Å²) in [5.74, 6) is 0.0233. The Balaban J connectivity index is 1.37. The summed E-state index contributed by atoms with van der Waals surface area (Å²) in [6.07, 6.45) is 7.68. The largest absolute Gasteiger partial charge is 0.335 e. The van der Waals surface area contributed by atoms with Crippen LogP contribution in [0.1, 0.15) is 56.1 Å². The van der Waals surface area contributed by atoms with Gasteiger partial charge in [0.05, 0.1) is 6.54 Å². The quantitative estimate of drug-likeness (QED) is 0.727. The second-order valence-corrected chi connectivity index (χ2v) is 8.30. The number of amides is 3. The number of nitrogens with zero attached hydrogens (tertiary/aromatic N) is 1. The highest BCUT2D eigenvalue weighted by Crippen LogP contribution is 2.19. The number of urea groups is 1.